The molecule has 1 aromatic carbocycles. The molecule has 2 N–H and O–H groups in total. The maximum absolute atomic E-state index is 11.9. The Hall–Kier alpha value is -1.75. The number of nitrogens with zero attached hydrogens (tertiary/aromatic N) is 1. The number of anilines is 1. The van der Waals surface area contributed by atoms with Gasteiger partial charge in [0.25, 0.3) is 0 Å². The minimum atomic E-state index is -0.817. The van der Waals surface area contributed by atoms with Crippen LogP contribution in [0.4, 0.5) is 10.5 Å². The first-order valence-electron chi connectivity index (χ1n) is 6.01. The molecule has 1 unspecified atom stereocenters. The molecule has 0 aromatic heterocycles. The van der Waals surface area contributed by atoms with Crippen LogP contribution in [0.15, 0.2) is 24.3 Å². The monoisotopic (exact) mass is 282 g/mol. The average Bonchev–Trinajstić information content (AvgIpc) is 2.30. The highest BCUT2D eigenvalue weighted by atomic mass is 35.5. The molecule has 0 aliphatic carbocycles. The van der Waals surface area contributed by atoms with E-state index in [1.54, 1.807) is 36.1 Å². The molecule has 1 aromatic rings. The Balaban J connectivity index is 1.83. The number of carboxylic acid groups (broad SMARTS) is 1. The van der Waals surface area contributed by atoms with E-state index in [1.165, 1.54) is 0 Å². The third kappa shape index (κ3) is 3.17. The molecule has 1 fully saturated rings. The zero-order valence-electron chi connectivity index (χ0n) is 10.5. The van der Waals surface area contributed by atoms with Crippen molar-refractivity contribution in [2.75, 3.05) is 18.4 Å². The van der Waals surface area contributed by atoms with Gasteiger partial charge in [0, 0.05) is 29.7 Å². The van der Waals surface area contributed by atoms with Crippen molar-refractivity contribution < 1.29 is 14.7 Å². The molecule has 2 amide bonds. The van der Waals surface area contributed by atoms with Crippen molar-refractivity contribution in [2.24, 2.45) is 11.8 Å². The molecule has 1 aliphatic heterocycles. The highest BCUT2D eigenvalue weighted by Gasteiger charge is 2.37. The molecule has 1 heterocycles. The molecule has 0 bridgehead atoms. The van der Waals surface area contributed by atoms with Crippen LogP contribution >= 0.6 is 11.6 Å². The number of carbonyl (C=O) groups excluding carboxylic acids is 1. The summed E-state index contributed by atoms with van der Waals surface area (Å²) in [7, 11) is 0. The van der Waals surface area contributed by atoms with Crippen molar-refractivity contribution in [1.82, 2.24) is 4.90 Å². The topological polar surface area (TPSA) is 69.6 Å². The summed E-state index contributed by atoms with van der Waals surface area (Å²) >= 11 is 5.75. The molecule has 0 spiro atoms. The highest BCUT2D eigenvalue weighted by molar-refractivity contribution is 6.30. The molecule has 1 aliphatic rings. The minimum absolute atomic E-state index is 0.0356. The van der Waals surface area contributed by atoms with Crippen LogP contribution in [0.5, 0.6) is 0 Å². The van der Waals surface area contributed by atoms with E-state index in [4.69, 9.17) is 16.7 Å². The van der Waals surface area contributed by atoms with Crippen molar-refractivity contribution in [3.63, 3.8) is 0 Å². The number of benzene rings is 1. The van der Waals surface area contributed by atoms with Gasteiger partial charge in [-0.1, -0.05) is 18.5 Å². The van der Waals surface area contributed by atoms with E-state index in [-0.39, 0.29) is 11.9 Å². The maximum Gasteiger partial charge on any atom is 0.321 e. The number of amides is 2. The van der Waals surface area contributed by atoms with Crippen LogP contribution in [0.2, 0.25) is 5.02 Å². The first kappa shape index (κ1) is 13.7. The van der Waals surface area contributed by atoms with Gasteiger partial charge in [-0.15, -0.1) is 0 Å². The fraction of sp³-hybridized carbons (Fsp3) is 0.385. The minimum Gasteiger partial charge on any atom is -0.481 e. The fourth-order valence-electron chi connectivity index (χ4n) is 1.93. The van der Waals surface area contributed by atoms with E-state index in [0.29, 0.717) is 23.8 Å². The molecule has 5 nitrogen and oxygen atoms in total. The molecule has 1 saturated heterocycles. The molecule has 6 heteroatoms. The Morgan fingerprint density at radius 2 is 1.95 bits per heavy atom. The number of carbonyl (C=O) groups is 2. The first-order valence-corrected chi connectivity index (χ1v) is 6.39. The van der Waals surface area contributed by atoms with Crippen molar-refractivity contribution in [2.45, 2.75) is 6.92 Å². The van der Waals surface area contributed by atoms with Crippen LogP contribution in [-0.2, 0) is 4.79 Å². The number of carboxylic acids is 1. The molecule has 19 heavy (non-hydrogen) atoms. The summed E-state index contributed by atoms with van der Waals surface area (Å²) in [5.74, 6) is -1.20. The maximum atomic E-state index is 11.9. The quantitative estimate of drug-likeness (QED) is 0.895. The van der Waals surface area contributed by atoms with Gasteiger partial charge in [0.05, 0.1) is 5.92 Å². The summed E-state index contributed by atoms with van der Waals surface area (Å²) in [5, 5.41) is 12.2. The van der Waals surface area contributed by atoms with E-state index >= 15 is 0 Å². The molecule has 1 atom stereocenters. The van der Waals surface area contributed by atoms with Gasteiger partial charge in [0.1, 0.15) is 0 Å². The van der Waals surface area contributed by atoms with Crippen molar-refractivity contribution in [1.29, 1.82) is 0 Å². The SMILES string of the molecule is CC(C(=O)O)C1CN(C(=O)Nc2ccc(Cl)cc2)C1. The highest BCUT2D eigenvalue weighted by Crippen LogP contribution is 2.25. The summed E-state index contributed by atoms with van der Waals surface area (Å²) in [6.45, 7) is 2.63. The second kappa shape index (κ2) is 5.48. The fourth-order valence-corrected chi connectivity index (χ4v) is 2.06. The van der Waals surface area contributed by atoms with E-state index in [1.807, 2.05) is 0 Å². The average molecular weight is 283 g/mol. The van der Waals surface area contributed by atoms with E-state index < -0.39 is 11.9 Å². The van der Waals surface area contributed by atoms with Crippen LogP contribution in [0.3, 0.4) is 0 Å². The van der Waals surface area contributed by atoms with Crippen LogP contribution in [-0.4, -0.2) is 35.1 Å². The standard InChI is InChI=1S/C13H15ClN2O3/c1-8(12(17)18)9-6-16(7-9)13(19)15-11-4-2-10(14)3-5-11/h2-5,8-9H,6-7H2,1H3,(H,15,19)(H,17,18). The van der Waals surface area contributed by atoms with E-state index in [9.17, 15) is 9.59 Å². The third-order valence-electron chi connectivity index (χ3n) is 3.39. The zero-order valence-corrected chi connectivity index (χ0v) is 11.2. The number of aliphatic carboxylic acids is 1. The van der Waals surface area contributed by atoms with Crippen molar-refractivity contribution >= 4 is 29.3 Å². The van der Waals surface area contributed by atoms with Crippen LogP contribution in [0.25, 0.3) is 0 Å². The second-order valence-electron chi connectivity index (χ2n) is 4.73. The molecular formula is C13H15ClN2O3. The predicted octanol–water partition coefficient (Wildman–Crippen LogP) is 2.52. The largest absolute Gasteiger partial charge is 0.481 e. The first-order chi connectivity index (χ1) is 8.97. The van der Waals surface area contributed by atoms with Gasteiger partial charge in [-0.3, -0.25) is 4.79 Å². The number of hydrogen-bond acceptors (Lipinski definition) is 2. The smallest absolute Gasteiger partial charge is 0.321 e. The zero-order chi connectivity index (χ0) is 14.0. The summed E-state index contributed by atoms with van der Waals surface area (Å²) in [4.78, 5) is 24.2. The number of rotatable bonds is 3. The lowest BCUT2D eigenvalue weighted by atomic mass is 9.87. The van der Waals surface area contributed by atoms with Gasteiger partial charge in [0.15, 0.2) is 0 Å². The number of likely N-dealkylation sites (tertiary alicyclic amines) is 1. The Morgan fingerprint density at radius 3 is 2.47 bits per heavy atom. The predicted molar refractivity (Wildman–Crippen MR) is 72.3 cm³/mol. The van der Waals surface area contributed by atoms with Crippen LogP contribution < -0.4 is 5.32 Å². The number of hydrogen-bond donors (Lipinski definition) is 2. The molecule has 0 radical (unpaired) electrons. The number of urea groups is 1. The van der Waals surface area contributed by atoms with Crippen LogP contribution in [0, 0.1) is 11.8 Å². The van der Waals surface area contributed by atoms with Gasteiger partial charge >= 0.3 is 12.0 Å². The van der Waals surface area contributed by atoms with E-state index in [0.717, 1.165) is 0 Å². The Kier molecular flexibility index (Phi) is 3.95. The Morgan fingerprint density at radius 1 is 1.37 bits per heavy atom. The number of nitrogens with one attached hydrogen (secondary N) is 1. The third-order valence-corrected chi connectivity index (χ3v) is 3.64. The Labute approximate surface area is 116 Å². The van der Waals surface area contributed by atoms with Gasteiger partial charge in [-0.2, -0.15) is 0 Å². The number of halogens is 1. The van der Waals surface area contributed by atoms with Gasteiger partial charge < -0.3 is 15.3 Å². The van der Waals surface area contributed by atoms with Crippen molar-refractivity contribution in [3.8, 4) is 0 Å². The normalized spacial score (nSPS) is 16.6. The summed E-state index contributed by atoms with van der Waals surface area (Å²) in [6, 6.07) is 6.62. The molecule has 102 valence electrons. The molecule has 2 rings (SSSR count). The summed E-state index contributed by atoms with van der Waals surface area (Å²) in [6.07, 6.45) is 0. The molecule has 0 saturated carbocycles. The summed E-state index contributed by atoms with van der Waals surface area (Å²) < 4.78 is 0. The van der Waals surface area contributed by atoms with Crippen molar-refractivity contribution in [3.05, 3.63) is 29.3 Å². The van der Waals surface area contributed by atoms with Crippen LogP contribution in [0.1, 0.15) is 6.92 Å². The van der Waals surface area contributed by atoms with Gasteiger partial charge in [-0.05, 0) is 24.3 Å². The lowest BCUT2D eigenvalue weighted by molar-refractivity contribution is -0.144. The van der Waals surface area contributed by atoms with Gasteiger partial charge in [0.2, 0.25) is 0 Å². The van der Waals surface area contributed by atoms with E-state index in [2.05, 4.69) is 5.32 Å². The Bertz CT molecular complexity index is 483. The molecular weight excluding hydrogens is 268 g/mol. The lowest BCUT2D eigenvalue weighted by Gasteiger charge is -2.41. The summed E-state index contributed by atoms with van der Waals surface area (Å²) in [5.41, 5.74) is 0.670. The van der Waals surface area contributed by atoms with Gasteiger partial charge in [-0.25, -0.2) is 4.79 Å². The lowest BCUT2D eigenvalue weighted by Crippen LogP contribution is -2.54. The second-order valence-corrected chi connectivity index (χ2v) is 5.17.